The monoisotopic (exact) mass is 528 g/mol. The predicted octanol–water partition coefficient (Wildman–Crippen LogP) is 4.42. The van der Waals surface area contributed by atoms with Crippen molar-refractivity contribution < 1.29 is 28.4 Å². The van der Waals surface area contributed by atoms with Gasteiger partial charge in [-0.05, 0) is 60.5 Å². The summed E-state index contributed by atoms with van der Waals surface area (Å²) >= 11 is 0. The van der Waals surface area contributed by atoms with Crippen LogP contribution in [0.1, 0.15) is 55.9 Å². The van der Waals surface area contributed by atoms with Gasteiger partial charge in [0.05, 0.1) is 31.4 Å². The first-order valence-corrected chi connectivity index (χ1v) is 12.3. The number of hydrogen-bond donors (Lipinski definition) is 1. The largest absolute Gasteiger partial charge is 0.497 e. The lowest BCUT2D eigenvalue weighted by molar-refractivity contribution is 0.0505. The quantitative estimate of drug-likeness (QED) is 0.284. The normalized spacial score (nSPS) is 10.5. The number of carbonyl (C=O) groups is 3. The number of benzene rings is 2. The molecule has 0 saturated carbocycles. The zero-order valence-electron chi connectivity index (χ0n) is 21.6. The third-order valence-electron chi connectivity index (χ3n) is 5.72. The molecule has 0 aliphatic heterocycles. The van der Waals surface area contributed by atoms with Gasteiger partial charge in [0.15, 0.2) is 11.5 Å². The second kappa shape index (κ2) is 13.0. The van der Waals surface area contributed by atoms with Crippen molar-refractivity contribution in [2.75, 3.05) is 18.6 Å². The average molecular weight is 529 g/mol. The van der Waals surface area contributed by atoms with E-state index in [0.29, 0.717) is 35.7 Å². The van der Waals surface area contributed by atoms with Crippen molar-refractivity contribution in [2.24, 2.45) is 0 Å². The van der Waals surface area contributed by atoms with Crippen LogP contribution in [0.5, 0.6) is 5.75 Å². The number of esters is 1. The summed E-state index contributed by atoms with van der Waals surface area (Å²) in [7, 11) is 1.59. The van der Waals surface area contributed by atoms with E-state index in [1.165, 1.54) is 17.2 Å². The van der Waals surface area contributed by atoms with Crippen LogP contribution in [-0.2, 0) is 17.8 Å². The van der Waals surface area contributed by atoms with Crippen molar-refractivity contribution >= 4 is 23.5 Å². The molecule has 10 heteroatoms. The highest BCUT2D eigenvalue weighted by Crippen LogP contribution is 2.22. The predicted molar refractivity (Wildman–Crippen MR) is 142 cm³/mol. The fourth-order valence-corrected chi connectivity index (χ4v) is 3.65. The molecule has 39 heavy (non-hydrogen) atoms. The molecule has 1 N–H and O–H groups in total. The number of nitrogens with zero attached hydrogens (tertiary/aromatic N) is 3. The van der Waals surface area contributed by atoms with Gasteiger partial charge < -0.3 is 24.2 Å². The number of nitrogens with one attached hydrogen (secondary N) is 1. The van der Waals surface area contributed by atoms with Crippen molar-refractivity contribution in [1.82, 2.24) is 15.5 Å². The SMILES string of the molecule is CCCOC(=O)c1ccc(N(Cc2cc(C(=O)NCc3ccc(OC)cc3)no2)C(=O)c2cccnc2)cc1. The van der Waals surface area contributed by atoms with Gasteiger partial charge >= 0.3 is 5.97 Å². The van der Waals surface area contributed by atoms with Crippen LogP contribution in [0.25, 0.3) is 0 Å². The van der Waals surface area contributed by atoms with Gasteiger partial charge in [-0.3, -0.25) is 14.6 Å². The van der Waals surface area contributed by atoms with Gasteiger partial charge in [0, 0.05) is 30.7 Å². The maximum Gasteiger partial charge on any atom is 0.338 e. The van der Waals surface area contributed by atoms with Crippen LogP contribution >= 0.6 is 0 Å². The van der Waals surface area contributed by atoms with E-state index in [-0.39, 0.29) is 18.1 Å². The van der Waals surface area contributed by atoms with Crippen molar-refractivity contribution in [2.45, 2.75) is 26.4 Å². The summed E-state index contributed by atoms with van der Waals surface area (Å²) in [5.74, 6) is -0.169. The standard InChI is InChI=1S/C29H28N4O6/c1-3-15-38-29(36)21-8-10-23(11-9-21)33(28(35)22-5-4-14-30-18-22)19-25-16-26(32-39-25)27(34)31-17-20-6-12-24(37-2)13-7-20/h4-14,16,18H,3,15,17,19H2,1-2H3,(H,31,34). The summed E-state index contributed by atoms with van der Waals surface area (Å²) in [5, 5.41) is 6.68. The van der Waals surface area contributed by atoms with Crippen molar-refractivity contribution in [1.29, 1.82) is 0 Å². The molecule has 2 aromatic carbocycles. The first-order valence-electron chi connectivity index (χ1n) is 12.3. The van der Waals surface area contributed by atoms with E-state index in [1.54, 1.807) is 49.7 Å². The van der Waals surface area contributed by atoms with Crippen LogP contribution in [0.3, 0.4) is 0 Å². The van der Waals surface area contributed by atoms with Gasteiger partial charge in [0.2, 0.25) is 0 Å². The summed E-state index contributed by atoms with van der Waals surface area (Å²) in [4.78, 5) is 43.7. The molecule has 2 aromatic heterocycles. The van der Waals surface area contributed by atoms with Gasteiger partial charge in [-0.25, -0.2) is 4.79 Å². The fraction of sp³-hybridized carbons (Fsp3) is 0.207. The Morgan fingerprint density at radius 1 is 1.00 bits per heavy atom. The van der Waals surface area contributed by atoms with E-state index in [1.807, 2.05) is 31.2 Å². The molecule has 0 aliphatic carbocycles. The molecule has 0 bridgehead atoms. The summed E-state index contributed by atoms with van der Waals surface area (Å²) in [5.41, 5.74) is 2.22. The topological polar surface area (TPSA) is 124 Å². The van der Waals surface area contributed by atoms with Crippen LogP contribution in [-0.4, -0.2) is 41.6 Å². The molecular formula is C29H28N4O6. The molecule has 0 atom stereocenters. The number of amides is 2. The molecule has 2 amide bonds. The molecule has 0 fully saturated rings. The Bertz CT molecular complexity index is 1400. The van der Waals surface area contributed by atoms with Crippen LogP contribution in [0, 0.1) is 0 Å². The molecule has 0 radical (unpaired) electrons. The maximum atomic E-state index is 13.4. The second-order valence-corrected chi connectivity index (χ2v) is 8.53. The molecule has 0 unspecified atom stereocenters. The van der Waals surface area contributed by atoms with Crippen LogP contribution in [0.2, 0.25) is 0 Å². The van der Waals surface area contributed by atoms with Gasteiger partial charge in [0.1, 0.15) is 5.75 Å². The maximum absolute atomic E-state index is 13.4. The Balaban J connectivity index is 1.49. The van der Waals surface area contributed by atoms with Gasteiger partial charge in [0.25, 0.3) is 11.8 Å². The third kappa shape index (κ3) is 7.07. The minimum absolute atomic E-state index is 0.00782. The van der Waals surface area contributed by atoms with E-state index in [4.69, 9.17) is 14.0 Å². The molecular weight excluding hydrogens is 500 g/mol. The minimum Gasteiger partial charge on any atom is -0.497 e. The van der Waals surface area contributed by atoms with Crippen molar-refractivity contribution in [3.05, 3.63) is 107 Å². The number of methoxy groups -OCH3 is 1. The van der Waals surface area contributed by atoms with Gasteiger partial charge in [-0.15, -0.1) is 0 Å². The second-order valence-electron chi connectivity index (χ2n) is 8.53. The highest BCUT2D eigenvalue weighted by atomic mass is 16.5. The van der Waals surface area contributed by atoms with Gasteiger partial charge in [-0.1, -0.05) is 24.2 Å². The van der Waals surface area contributed by atoms with Gasteiger partial charge in [-0.2, -0.15) is 0 Å². The first kappa shape index (κ1) is 27.1. The molecule has 0 saturated heterocycles. The summed E-state index contributed by atoms with van der Waals surface area (Å²) < 4.78 is 15.7. The molecule has 200 valence electrons. The molecule has 2 heterocycles. The average Bonchev–Trinajstić information content (AvgIpc) is 3.47. The minimum atomic E-state index is -0.436. The van der Waals surface area contributed by atoms with E-state index in [0.717, 1.165) is 17.7 Å². The number of rotatable bonds is 11. The highest BCUT2D eigenvalue weighted by molar-refractivity contribution is 6.06. The molecule has 4 rings (SSSR count). The Labute approximate surface area is 225 Å². The van der Waals surface area contributed by atoms with E-state index in [2.05, 4.69) is 15.5 Å². The van der Waals surface area contributed by atoms with Crippen molar-refractivity contribution in [3.63, 3.8) is 0 Å². The Hall–Kier alpha value is -4.99. The summed E-state index contributed by atoms with van der Waals surface area (Å²) in [6.45, 7) is 2.53. The summed E-state index contributed by atoms with van der Waals surface area (Å²) in [6.07, 6.45) is 3.76. The highest BCUT2D eigenvalue weighted by Gasteiger charge is 2.22. The van der Waals surface area contributed by atoms with Crippen LogP contribution in [0.4, 0.5) is 5.69 Å². The molecule has 10 nitrogen and oxygen atoms in total. The zero-order chi connectivity index (χ0) is 27.6. The van der Waals surface area contributed by atoms with E-state index in [9.17, 15) is 14.4 Å². The Morgan fingerprint density at radius 3 is 2.44 bits per heavy atom. The van der Waals surface area contributed by atoms with E-state index < -0.39 is 11.9 Å². The molecule has 0 spiro atoms. The Kier molecular flexibility index (Phi) is 9.02. The molecule has 0 aliphatic rings. The smallest absolute Gasteiger partial charge is 0.338 e. The number of pyridine rings is 1. The number of ether oxygens (including phenoxy) is 2. The lowest BCUT2D eigenvalue weighted by Gasteiger charge is -2.21. The van der Waals surface area contributed by atoms with E-state index >= 15 is 0 Å². The van der Waals surface area contributed by atoms with Crippen LogP contribution < -0.4 is 15.0 Å². The Morgan fingerprint density at radius 2 is 1.77 bits per heavy atom. The number of aromatic nitrogens is 2. The zero-order valence-corrected chi connectivity index (χ0v) is 21.6. The number of hydrogen-bond acceptors (Lipinski definition) is 8. The molecule has 4 aromatic rings. The van der Waals surface area contributed by atoms with Crippen LogP contribution in [0.15, 0.2) is 83.6 Å². The third-order valence-corrected chi connectivity index (χ3v) is 5.72. The lowest BCUT2D eigenvalue weighted by Crippen LogP contribution is -2.30. The number of anilines is 1. The number of carbonyl (C=O) groups excluding carboxylic acids is 3. The first-order chi connectivity index (χ1) is 19.0. The summed E-state index contributed by atoms with van der Waals surface area (Å²) in [6, 6.07) is 18.6. The lowest BCUT2D eigenvalue weighted by atomic mass is 10.1. The fourth-order valence-electron chi connectivity index (χ4n) is 3.65. The van der Waals surface area contributed by atoms with Crippen molar-refractivity contribution in [3.8, 4) is 5.75 Å².